The SMILES string of the molecule is CCNc1nc(-c2ccc(Br)c(C)c2)nc(C)c1C(C)C. The highest BCUT2D eigenvalue weighted by Crippen LogP contribution is 2.29. The van der Waals surface area contributed by atoms with Crippen molar-refractivity contribution in [3.05, 3.63) is 39.5 Å². The molecule has 2 aromatic rings. The van der Waals surface area contributed by atoms with E-state index in [0.29, 0.717) is 5.92 Å². The summed E-state index contributed by atoms with van der Waals surface area (Å²) in [7, 11) is 0. The van der Waals surface area contributed by atoms with E-state index < -0.39 is 0 Å². The lowest BCUT2D eigenvalue weighted by molar-refractivity contribution is 0.831. The zero-order valence-electron chi connectivity index (χ0n) is 13.3. The molecule has 2 rings (SSSR count). The number of aryl methyl sites for hydroxylation is 2. The third kappa shape index (κ3) is 3.43. The lowest BCUT2D eigenvalue weighted by Crippen LogP contribution is -2.09. The summed E-state index contributed by atoms with van der Waals surface area (Å²) in [6, 6.07) is 6.22. The van der Waals surface area contributed by atoms with E-state index in [2.05, 4.69) is 68.0 Å². The molecule has 0 amide bonds. The van der Waals surface area contributed by atoms with Crippen molar-refractivity contribution < 1.29 is 0 Å². The molecule has 1 aromatic heterocycles. The fourth-order valence-corrected chi connectivity index (χ4v) is 2.73. The van der Waals surface area contributed by atoms with Crippen molar-refractivity contribution in [1.29, 1.82) is 0 Å². The first-order valence-corrected chi connectivity index (χ1v) is 8.12. The molecule has 0 radical (unpaired) electrons. The number of hydrogen-bond donors (Lipinski definition) is 1. The van der Waals surface area contributed by atoms with E-state index in [1.807, 2.05) is 6.07 Å². The molecule has 0 aliphatic rings. The van der Waals surface area contributed by atoms with E-state index in [0.717, 1.165) is 33.9 Å². The number of hydrogen-bond acceptors (Lipinski definition) is 3. The molecule has 1 heterocycles. The standard InChI is InChI=1S/C17H22BrN3/c1-6-19-17-15(10(2)3)12(5)20-16(21-17)13-7-8-14(18)11(4)9-13/h7-10H,6H2,1-5H3,(H,19,20,21). The highest BCUT2D eigenvalue weighted by molar-refractivity contribution is 9.10. The summed E-state index contributed by atoms with van der Waals surface area (Å²) in [5.74, 6) is 2.14. The van der Waals surface area contributed by atoms with Crippen LogP contribution >= 0.6 is 15.9 Å². The van der Waals surface area contributed by atoms with Gasteiger partial charge in [-0.2, -0.15) is 0 Å². The average Bonchev–Trinajstić information content (AvgIpc) is 2.41. The molecule has 112 valence electrons. The van der Waals surface area contributed by atoms with Crippen molar-refractivity contribution >= 4 is 21.7 Å². The van der Waals surface area contributed by atoms with Gasteiger partial charge < -0.3 is 5.32 Å². The van der Waals surface area contributed by atoms with Gasteiger partial charge in [0.1, 0.15) is 5.82 Å². The first-order valence-electron chi connectivity index (χ1n) is 7.33. The molecule has 0 aliphatic heterocycles. The van der Waals surface area contributed by atoms with Crippen molar-refractivity contribution in [1.82, 2.24) is 9.97 Å². The molecular weight excluding hydrogens is 326 g/mol. The second-order valence-electron chi connectivity index (χ2n) is 5.54. The Morgan fingerprint density at radius 2 is 1.90 bits per heavy atom. The molecule has 0 unspecified atom stereocenters. The van der Waals surface area contributed by atoms with Crippen molar-refractivity contribution in [3.63, 3.8) is 0 Å². The molecule has 21 heavy (non-hydrogen) atoms. The minimum absolute atomic E-state index is 0.403. The summed E-state index contributed by atoms with van der Waals surface area (Å²) < 4.78 is 1.11. The highest BCUT2D eigenvalue weighted by atomic mass is 79.9. The molecule has 1 aromatic carbocycles. The quantitative estimate of drug-likeness (QED) is 0.837. The van der Waals surface area contributed by atoms with Crippen LogP contribution < -0.4 is 5.32 Å². The number of rotatable bonds is 4. The third-order valence-corrected chi connectivity index (χ3v) is 4.36. The maximum Gasteiger partial charge on any atom is 0.161 e. The van der Waals surface area contributed by atoms with Crippen LogP contribution in [0.2, 0.25) is 0 Å². The van der Waals surface area contributed by atoms with Crippen LogP contribution in [0, 0.1) is 13.8 Å². The first-order chi connectivity index (χ1) is 9.93. The monoisotopic (exact) mass is 347 g/mol. The van der Waals surface area contributed by atoms with E-state index in [-0.39, 0.29) is 0 Å². The number of nitrogens with one attached hydrogen (secondary N) is 1. The number of nitrogens with zero attached hydrogens (tertiary/aromatic N) is 2. The van der Waals surface area contributed by atoms with Gasteiger partial charge in [-0.1, -0.05) is 35.8 Å². The largest absolute Gasteiger partial charge is 0.370 e. The van der Waals surface area contributed by atoms with Crippen LogP contribution in [0.1, 0.15) is 43.5 Å². The number of halogens is 1. The van der Waals surface area contributed by atoms with Crippen molar-refractivity contribution in [2.45, 2.75) is 40.5 Å². The van der Waals surface area contributed by atoms with Gasteiger partial charge in [0.2, 0.25) is 0 Å². The third-order valence-electron chi connectivity index (χ3n) is 3.47. The van der Waals surface area contributed by atoms with Crippen LogP contribution in [0.5, 0.6) is 0 Å². The van der Waals surface area contributed by atoms with Crippen molar-refractivity contribution in [2.75, 3.05) is 11.9 Å². The van der Waals surface area contributed by atoms with E-state index in [9.17, 15) is 0 Å². The normalized spacial score (nSPS) is 11.0. The van der Waals surface area contributed by atoms with Crippen LogP contribution in [0.25, 0.3) is 11.4 Å². The van der Waals surface area contributed by atoms with Crippen LogP contribution in [-0.2, 0) is 0 Å². The van der Waals surface area contributed by atoms with E-state index in [1.54, 1.807) is 0 Å². The Labute approximate surface area is 135 Å². The minimum atomic E-state index is 0.403. The lowest BCUT2D eigenvalue weighted by Gasteiger charge is -2.17. The Hall–Kier alpha value is -1.42. The second kappa shape index (κ2) is 6.56. The maximum atomic E-state index is 4.75. The van der Waals surface area contributed by atoms with Crippen LogP contribution in [0.3, 0.4) is 0 Å². The van der Waals surface area contributed by atoms with Crippen molar-refractivity contribution in [2.24, 2.45) is 0 Å². The Morgan fingerprint density at radius 3 is 2.48 bits per heavy atom. The van der Waals surface area contributed by atoms with E-state index in [1.165, 1.54) is 11.1 Å². The fraction of sp³-hybridized carbons (Fsp3) is 0.412. The fourth-order valence-electron chi connectivity index (χ4n) is 2.49. The van der Waals surface area contributed by atoms with Crippen molar-refractivity contribution in [3.8, 4) is 11.4 Å². The van der Waals surface area contributed by atoms with Gasteiger partial charge in [-0.25, -0.2) is 9.97 Å². The molecule has 0 saturated heterocycles. The molecule has 0 spiro atoms. The van der Waals surface area contributed by atoms with Gasteiger partial charge in [-0.05, 0) is 44.4 Å². The number of anilines is 1. The summed E-state index contributed by atoms with van der Waals surface area (Å²) in [5, 5.41) is 3.37. The smallest absolute Gasteiger partial charge is 0.161 e. The summed E-state index contributed by atoms with van der Waals surface area (Å²) in [4.78, 5) is 9.46. The molecule has 1 N–H and O–H groups in total. The highest BCUT2D eigenvalue weighted by Gasteiger charge is 2.15. The first kappa shape index (κ1) is 16.0. The molecule has 0 fully saturated rings. The molecular formula is C17H22BrN3. The predicted molar refractivity (Wildman–Crippen MR) is 92.9 cm³/mol. The van der Waals surface area contributed by atoms with E-state index in [4.69, 9.17) is 9.97 Å². The molecule has 0 bridgehead atoms. The summed E-state index contributed by atoms with van der Waals surface area (Å²) in [6.45, 7) is 11.4. The molecule has 0 aliphatic carbocycles. The second-order valence-corrected chi connectivity index (χ2v) is 6.40. The Bertz CT molecular complexity index is 651. The number of benzene rings is 1. The van der Waals surface area contributed by atoms with Gasteiger partial charge in [0.15, 0.2) is 5.82 Å². The van der Waals surface area contributed by atoms with Gasteiger partial charge in [-0.15, -0.1) is 0 Å². The maximum absolute atomic E-state index is 4.75. The van der Waals surface area contributed by atoms with Crippen LogP contribution in [-0.4, -0.2) is 16.5 Å². The lowest BCUT2D eigenvalue weighted by atomic mass is 10.0. The average molecular weight is 348 g/mol. The molecule has 0 saturated carbocycles. The zero-order valence-corrected chi connectivity index (χ0v) is 14.9. The molecule has 3 nitrogen and oxygen atoms in total. The van der Waals surface area contributed by atoms with Gasteiger partial charge >= 0.3 is 0 Å². The Kier molecular flexibility index (Phi) is 4.99. The topological polar surface area (TPSA) is 37.8 Å². The van der Waals surface area contributed by atoms with Gasteiger partial charge in [0.25, 0.3) is 0 Å². The summed E-state index contributed by atoms with van der Waals surface area (Å²) >= 11 is 3.53. The minimum Gasteiger partial charge on any atom is -0.370 e. The van der Waals surface area contributed by atoms with Gasteiger partial charge in [-0.3, -0.25) is 0 Å². The molecule has 0 atom stereocenters. The predicted octanol–water partition coefficient (Wildman–Crippen LogP) is 5.08. The van der Waals surface area contributed by atoms with Crippen LogP contribution in [0.15, 0.2) is 22.7 Å². The Morgan fingerprint density at radius 1 is 1.19 bits per heavy atom. The zero-order chi connectivity index (χ0) is 15.6. The summed E-state index contributed by atoms with van der Waals surface area (Å²) in [5.41, 5.74) is 4.49. The molecule has 4 heteroatoms. The van der Waals surface area contributed by atoms with E-state index >= 15 is 0 Å². The summed E-state index contributed by atoms with van der Waals surface area (Å²) in [6.07, 6.45) is 0. The number of aromatic nitrogens is 2. The Balaban J connectivity index is 2.57. The van der Waals surface area contributed by atoms with Gasteiger partial charge in [0.05, 0.1) is 0 Å². The van der Waals surface area contributed by atoms with Gasteiger partial charge in [0, 0.05) is 27.8 Å². The van der Waals surface area contributed by atoms with Crippen LogP contribution in [0.4, 0.5) is 5.82 Å².